The van der Waals surface area contributed by atoms with Crippen LogP contribution >= 0.6 is 0 Å². The van der Waals surface area contributed by atoms with E-state index in [0.29, 0.717) is 30.0 Å². The quantitative estimate of drug-likeness (QED) is 0.539. The molecule has 1 saturated heterocycles. The van der Waals surface area contributed by atoms with Gasteiger partial charge in [-0.05, 0) is 44.9 Å². The Morgan fingerprint density at radius 3 is 2.43 bits per heavy atom. The van der Waals surface area contributed by atoms with E-state index in [0.717, 1.165) is 55.7 Å². The average molecular weight is 505 g/mol. The fourth-order valence-corrected chi connectivity index (χ4v) is 5.98. The molecule has 0 bridgehead atoms. The third-order valence-corrected chi connectivity index (χ3v) is 8.01. The summed E-state index contributed by atoms with van der Waals surface area (Å²) in [4.78, 5) is 31.6. The van der Waals surface area contributed by atoms with Crippen molar-refractivity contribution in [2.75, 3.05) is 42.9 Å². The van der Waals surface area contributed by atoms with Gasteiger partial charge in [0.15, 0.2) is 0 Å². The number of carbonyl (C=O) groups is 1. The second kappa shape index (κ2) is 10.7. The zero-order chi connectivity index (χ0) is 26.0. The molecule has 1 saturated carbocycles. The van der Waals surface area contributed by atoms with E-state index in [1.165, 1.54) is 19.3 Å². The van der Waals surface area contributed by atoms with Crippen molar-refractivity contribution >= 4 is 34.4 Å². The van der Waals surface area contributed by atoms with E-state index < -0.39 is 0 Å². The number of nitrogens with zero attached hydrogens (tertiary/aromatic N) is 6. The molecule has 0 radical (unpaired) electrons. The number of hydrogen-bond acceptors (Lipinski definition) is 7. The van der Waals surface area contributed by atoms with E-state index in [-0.39, 0.29) is 11.4 Å². The molecule has 2 fully saturated rings. The Kier molecular flexibility index (Phi) is 7.33. The third-order valence-electron chi connectivity index (χ3n) is 8.01. The van der Waals surface area contributed by atoms with Crippen molar-refractivity contribution in [1.82, 2.24) is 29.7 Å². The van der Waals surface area contributed by atoms with Crippen molar-refractivity contribution in [2.24, 2.45) is 0 Å². The molecule has 3 aromatic heterocycles. The average Bonchev–Trinajstić information content (AvgIpc) is 3.34. The van der Waals surface area contributed by atoms with E-state index in [1.807, 2.05) is 38.4 Å². The molecule has 198 valence electrons. The lowest BCUT2D eigenvalue weighted by Gasteiger charge is -2.42. The molecule has 9 heteroatoms. The van der Waals surface area contributed by atoms with Gasteiger partial charge in [0.2, 0.25) is 5.95 Å². The first-order valence-electron chi connectivity index (χ1n) is 13.9. The van der Waals surface area contributed by atoms with Gasteiger partial charge in [0.1, 0.15) is 17.2 Å². The summed E-state index contributed by atoms with van der Waals surface area (Å²) in [6.45, 7) is 13.4. The maximum Gasteiger partial charge on any atom is 0.268 e. The Labute approximate surface area is 219 Å². The minimum absolute atomic E-state index is 0.0276. The highest BCUT2D eigenvalue weighted by molar-refractivity contribution is 5.99. The van der Waals surface area contributed by atoms with E-state index in [1.54, 1.807) is 0 Å². The van der Waals surface area contributed by atoms with Crippen LogP contribution in [-0.2, 0) is 5.54 Å². The summed E-state index contributed by atoms with van der Waals surface area (Å²) in [6.07, 6.45) is 9.45. The number of carbonyl (C=O) groups excluding carboxylic acids is 1. The summed E-state index contributed by atoms with van der Waals surface area (Å²) in [5, 5.41) is 7.29. The SMILES string of the molecule is CC.CC(C)N1CCN(c2ccc(Nc3ncc4cc5n(c4n3)C3(CCCCC3)CNC5=O)nc2)CC1. The predicted octanol–water partition coefficient (Wildman–Crippen LogP) is 4.53. The van der Waals surface area contributed by atoms with Crippen LogP contribution in [0.4, 0.5) is 17.5 Å². The van der Waals surface area contributed by atoms with E-state index >= 15 is 0 Å². The summed E-state index contributed by atoms with van der Waals surface area (Å²) < 4.78 is 2.19. The minimum atomic E-state index is -0.0889. The lowest BCUT2D eigenvalue weighted by molar-refractivity contribution is 0.0833. The number of hydrogen-bond donors (Lipinski definition) is 2. The summed E-state index contributed by atoms with van der Waals surface area (Å²) >= 11 is 0. The van der Waals surface area contributed by atoms with Gasteiger partial charge in [-0.25, -0.2) is 9.97 Å². The number of pyridine rings is 1. The topological polar surface area (TPSA) is 91.2 Å². The smallest absolute Gasteiger partial charge is 0.268 e. The maximum atomic E-state index is 12.7. The van der Waals surface area contributed by atoms with E-state index in [9.17, 15) is 4.79 Å². The van der Waals surface area contributed by atoms with Gasteiger partial charge in [0.25, 0.3) is 5.91 Å². The Morgan fingerprint density at radius 1 is 1.00 bits per heavy atom. The molecule has 9 nitrogen and oxygen atoms in total. The van der Waals surface area contributed by atoms with Crippen molar-refractivity contribution in [3.05, 3.63) is 36.3 Å². The van der Waals surface area contributed by atoms with Crippen molar-refractivity contribution in [3.8, 4) is 0 Å². The lowest BCUT2D eigenvalue weighted by Crippen LogP contribution is -2.52. The highest BCUT2D eigenvalue weighted by Gasteiger charge is 2.41. The molecule has 37 heavy (non-hydrogen) atoms. The Bertz CT molecular complexity index is 1220. The predicted molar refractivity (Wildman–Crippen MR) is 149 cm³/mol. The summed E-state index contributed by atoms with van der Waals surface area (Å²) in [6, 6.07) is 6.62. The molecule has 1 aliphatic carbocycles. The van der Waals surface area contributed by atoms with Crippen LogP contribution in [0.2, 0.25) is 0 Å². The van der Waals surface area contributed by atoms with Gasteiger partial charge in [-0.2, -0.15) is 4.98 Å². The van der Waals surface area contributed by atoms with Crippen LogP contribution < -0.4 is 15.5 Å². The first kappa shape index (κ1) is 25.4. The molecule has 3 aliphatic rings. The molecule has 2 aliphatic heterocycles. The molecule has 6 rings (SSSR count). The summed E-state index contributed by atoms with van der Waals surface area (Å²) in [5.41, 5.74) is 2.57. The molecule has 2 N–H and O–H groups in total. The molecular formula is C28H40N8O. The molecule has 0 atom stereocenters. The number of aromatic nitrogens is 4. The molecule has 0 aromatic carbocycles. The van der Waals surface area contributed by atoms with Crippen molar-refractivity contribution in [2.45, 2.75) is 71.4 Å². The number of fused-ring (bicyclic) bond motifs is 4. The molecular weight excluding hydrogens is 464 g/mol. The van der Waals surface area contributed by atoms with Gasteiger partial charge in [0, 0.05) is 50.3 Å². The first-order chi connectivity index (χ1) is 18.0. The summed E-state index contributed by atoms with van der Waals surface area (Å²) in [5.74, 6) is 1.19. The van der Waals surface area contributed by atoms with Gasteiger partial charge in [-0.3, -0.25) is 9.69 Å². The zero-order valence-electron chi connectivity index (χ0n) is 22.6. The van der Waals surface area contributed by atoms with Crippen LogP contribution in [0, 0.1) is 0 Å². The highest BCUT2D eigenvalue weighted by atomic mass is 16.2. The van der Waals surface area contributed by atoms with Crippen molar-refractivity contribution in [1.29, 1.82) is 0 Å². The van der Waals surface area contributed by atoms with Gasteiger partial charge in [-0.15, -0.1) is 0 Å². The second-order valence-electron chi connectivity index (χ2n) is 10.4. The summed E-state index contributed by atoms with van der Waals surface area (Å²) in [7, 11) is 0. The standard InChI is InChI=1S/C26H34N8O.C2H6/c1-18(2)32-10-12-33(13-11-32)20-6-7-22(27-16-20)30-25-28-15-19-14-21-24(35)29-17-26(8-4-3-5-9-26)34(21)23(19)31-25;1-2/h6-7,14-16,18H,3-5,8-13,17H2,1-2H3,(H,29,35)(H,27,28,30,31);1-2H3. The molecule has 5 heterocycles. The van der Waals surface area contributed by atoms with E-state index in [4.69, 9.17) is 4.98 Å². The Morgan fingerprint density at radius 2 is 1.76 bits per heavy atom. The zero-order valence-corrected chi connectivity index (χ0v) is 22.6. The van der Waals surface area contributed by atoms with Crippen LogP contribution in [0.15, 0.2) is 30.6 Å². The minimum Gasteiger partial charge on any atom is -0.368 e. The normalized spacial score (nSPS) is 19.4. The van der Waals surface area contributed by atoms with Crippen LogP contribution in [-0.4, -0.2) is 69.1 Å². The largest absolute Gasteiger partial charge is 0.368 e. The highest BCUT2D eigenvalue weighted by Crippen LogP contribution is 2.40. The molecule has 0 unspecified atom stereocenters. The monoisotopic (exact) mass is 504 g/mol. The number of amides is 1. The fraction of sp³-hybridized carbons (Fsp3) is 0.571. The molecule has 3 aromatic rings. The Hall–Kier alpha value is -3.20. The number of piperazine rings is 1. The fourth-order valence-electron chi connectivity index (χ4n) is 5.98. The van der Waals surface area contributed by atoms with Gasteiger partial charge >= 0.3 is 0 Å². The molecule has 1 spiro atoms. The van der Waals surface area contributed by atoms with Crippen LogP contribution in [0.3, 0.4) is 0 Å². The van der Waals surface area contributed by atoms with Gasteiger partial charge in [-0.1, -0.05) is 33.1 Å². The maximum absolute atomic E-state index is 12.7. The number of anilines is 3. The Balaban J connectivity index is 0.00000137. The lowest BCUT2D eigenvalue weighted by atomic mass is 9.80. The van der Waals surface area contributed by atoms with Crippen LogP contribution in [0.1, 0.15) is 70.3 Å². The first-order valence-corrected chi connectivity index (χ1v) is 13.9. The van der Waals surface area contributed by atoms with Gasteiger partial charge in [0.05, 0.1) is 17.4 Å². The van der Waals surface area contributed by atoms with E-state index in [2.05, 4.69) is 54.9 Å². The van der Waals surface area contributed by atoms with Crippen LogP contribution in [0.5, 0.6) is 0 Å². The third kappa shape index (κ3) is 4.89. The van der Waals surface area contributed by atoms with Crippen LogP contribution in [0.25, 0.3) is 11.0 Å². The molecule has 1 amide bonds. The van der Waals surface area contributed by atoms with Crippen molar-refractivity contribution < 1.29 is 4.79 Å². The van der Waals surface area contributed by atoms with Crippen molar-refractivity contribution in [3.63, 3.8) is 0 Å². The second-order valence-corrected chi connectivity index (χ2v) is 10.4. The van der Waals surface area contributed by atoms with Gasteiger partial charge < -0.3 is 20.1 Å². The number of rotatable bonds is 4. The number of nitrogens with one attached hydrogen (secondary N) is 2.